The third-order valence-electron chi connectivity index (χ3n) is 4.88. The minimum Gasteiger partial charge on any atom is -0.379 e. The Morgan fingerprint density at radius 3 is 2.75 bits per heavy atom. The molecule has 0 radical (unpaired) electrons. The van der Waals surface area contributed by atoms with Crippen molar-refractivity contribution < 1.29 is 4.74 Å². The van der Waals surface area contributed by atoms with E-state index in [1.807, 2.05) is 35.0 Å². The first-order chi connectivity index (χ1) is 11.9. The molecule has 2 fully saturated rings. The summed E-state index contributed by atoms with van der Waals surface area (Å²) in [6, 6.07) is 10.1. The summed E-state index contributed by atoms with van der Waals surface area (Å²) in [5, 5.41) is 12.4. The van der Waals surface area contributed by atoms with Gasteiger partial charge in [-0.05, 0) is 41.3 Å². The molecule has 2 aromatic rings. The second kappa shape index (κ2) is 7.27. The average molecular weight is 328 g/mol. The number of hydrogen-bond acceptors (Lipinski definition) is 6. The van der Waals surface area contributed by atoms with Crippen LogP contribution in [-0.2, 0) is 4.74 Å². The number of morpholine rings is 1. The Bertz CT molecular complexity index is 640. The van der Waals surface area contributed by atoms with Crippen molar-refractivity contribution in [3.63, 3.8) is 0 Å². The van der Waals surface area contributed by atoms with Crippen molar-refractivity contribution in [1.82, 2.24) is 25.1 Å². The fourth-order valence-electron chi connectivity index (χ4n) is 3.66. The normalized spacial score (nSPS) is 22.7. The van der Waals surface area contributed by atoms with E-state index in [1.54, 1.807) is 0 Å². The highest BCUT2D eigenvalue weighted by Gasteiger charge is 2.26. The van der Waals surface area contributed by atoms with Crippen LogP contribution in [0, 0.1) is 5.92 Å². The zero-order valence-electron chi connectivity index (χ0n) is 13.9. The van der Waals surface area contributed by atoms with E-state index in [9.17, 15) is 0 Å². The number of tetrazole rings is 1. The molecule has 7 heteroatoms. The number of aromatic nitrogens is 4. The van der Waals surface area contributed by atoms with Crippen LogP contribution in [-0.4, -0.2) is 71.0 Å². The molecule has 2 aliphatic heterocycles. The van der Waals surface area contributed by atoms with Crippen LogP contribution in [0.25, 0.3) is 5.69 Å². The summed E-state index contributed by atoms with van der Waals surface area (Å²) in [6.07, 6.45) is 2.47. The number of rotatable bonds is 4. The van der Waals surface area contributed by atoms with Gasteiger partial charge in [-0.3, -0.25) is 4.90 Å². The fraction of sp³-hybridized carbons (Fsp3) is 0.588. The fourth-order valence-corrected chi connectivity index (χ4v) is 3.66. The minimum atomic E-state index is 0.665. The lowest BCUT2D eigenvalue weighted by molar-refractivity contribution is 0.0296. The van der Waals surface area contributed by atoms with Crippen molar-refractivity contribution in [3.05, 3.63) is 30.3 Å². The number of ether oxygens (including phenoxy) is 1. The summed E-state index contributed by atoms with van der Waals surface area (Å²) >= 11 is 0. The van der Waals surface area contributed by atoms with E-state index in [0.717, 1.165) is 57.6 Å². The quantitative estimate of drug-likeness (QED) is 0.841. The van der Waals surface area contributed by atoms with E-state index in [0.29, 0.717) is 5.92 Å². The molecule has 1 atom stereocenters. The SMILES string of the molecule is c1ccc(-n2nnnc2N2CCCC(CN3CCOCC3)C2)cc1. The molecule has 4 rings (SSSR count). The summed E-state index contributed by atoms with van der Waals surface area (Å²) in [5.41, 5.74) is 1.01. The molecule has 0 saturated carbocycles. The molecule has 0 amide bonds. The number of nitrogens with zero attached hydrogens (tertiary/aromatic N) is 6. The van der Waals surface area contributed by atoms with Crippen molar-refractivity contribution >= 4 is 5.95 Å². The molecule has 0 spiro atoms. The molecule has 7 nitrogen and oxygen atoms in total. The molecule has 0 N–H and O–H groups in total. The Labute approximate surface area is 142 Å². The summed E-state index contributed by atoms with van der Waals surface area (Å²) in [6.45, 7) is 7.02. The third-order valence-corrected chi connectivity index (χ3v) is 4.88. The molecule has 3 heterocycles. The zero-order chi connectivity index (χ0) is 16.2. The summed E-state index contributed by atoms with van der Waals surface area (Å²) in [7, 11) is 0. The number of anilines is 1. The lowest BCUT2D eigenvalue weighted by atomic mass is 9.97. The van der Waals surface area contributed by atoms with Gasteiger partial charge < -0.3 is 9.64 Å². The van der Waals surface area contributed by atoms with Crippen LogP contribution < -0.4 is 4.90 Å². The van der Waals surface area contributed by atoms with Crippen molar-refractivity contribution in [1.29, 1.82) is 0 Å². The average Bonchev–Trinajstić information content (AvgIpc) is 3.13. The van der Waals surface area contributed by atoms with Crippen molar-refractivity contribution in [2.75, 3.05) is 50.8 Å². The van der Waals surface area contributed by atoms with Gasteiger partial charge in [0.05, 0.1) is 18.9 Å². The van der Waals surface area contributed by atoms with Gasteiger partial charge in [0.15, 0.2) is 0 Å². The zero-order valence-corrected chi connectivity index (χ0v) is 13.9. The number of benzene rings is 1. The molecule has 1 aromatic carbocycles. The van der Waals surface area contributed by atoms with E-state index in [1.165, 1.54) is 12.8 Å². The van der Waals surface area contributed by atoms with Crippen LogP contribution in [0.15, 0.2) is 30.3 Å². The number of piperidine rings is 1. The molecule has 2 saturated heterocycles. The highest BCUT2D eigenvalue weighted by molar-refractivity contribution is 5.40. The van der Waals surface area contributed by atoms with Crippen LogP contribution in [0.4, 0.5) is 5.95 Å². The van der Waals surface area contributed by atoms with E-state index in [-0.39, 0.29) is 0 Å². The van der Waals surface area contributed by atoms with Gasteiger partial charge in [0.1, 0.15) is 0 Å². The molecule has 0 bridgehead atoms. The molecule has 128 valence electrons. The Morgan fingerprint density at radius 1 is 1.08 bits per heavy atom. The topological polar surface area (TPSA) is 59.3 Å². The minimum absolute atomic E-state index is 0.665. The summed E-state index contributed by atoms with van der Waals surface area (Å²) in [4.78, 5) is 4.86. The second-order valence-electron chi connectivity index (χ2n) is 6.59. The van der Waals surface area contributed by atoms with Crippen LogP contribution in [0.1, 0.15) is 12.8 Å². The Morgan fingerprint density at radius 2 is 1.92 bits per heavy atom. The molecular formula is C17H24N6O. The molecule has 2 aliphatic rings. The van der Waals surface area contributed by atoms with Crippen molar-refractivity contribution in [2.45, 2.75) is 12.8 Å². The highest BCUT2D eigenvalue weighted by atomic mass is 16.5. The molecular weight excluding hydrogens is 304 g/mol. The van der Waals surface area contributed by atoms with Gasteiger partial charge in [0, 0.05) is 32.7 Å². The van der Waals surface area contributed by atoms with Gasteiger partial charge >= 0.3 is 0 Å². The highest BCUT2D eigenvalue weighted by Crippen LogP contribution is 2.23. The van der Waals surface area contributed by atoms with E-state index in [4.69, 9.17) is 4.74 Å². The number of hydrogen-bond donors (Lipinski definition) is 0. The van der Waals surface area contributed by atoms with E-state index in [2.05, 4.69) is 25.3 Å². The molecule has 1 unspecified atom stereocenters. The maximum atomic E-state index is 5.45. The van der Waals surface area contributed by atoms with Crippen LogP contribution in [0.2, 0.25) is 0 Å². The Kier molecular flexibility index (Phi) is 4.71. The second-order valence-corrected chi connectivity index (χ2v) is 6.59. The number of para-hydroxylation sites is 1. The van der Waals surface area contributed by atoms with E-state index >= 15 is 0 Å². The molecule has 24 heavy (non-hydrogen) atoms. The summed E-state index contributed by atoms with van der Waals surface area (Å²) < 4.78 is 7.30. The smallest absolute Gasteiger partial charge is 0.250 e. The van der Waals surface area contributed by atoms with Crippen molar-refractivity contribution in [2.24, 2.45) is 5.92 Å². The standard InChI is InChI=1S/C17H24N6O/c1-2-6-16(7-3-1)23-17(18-19-20-23)22-8-4-5-15(14-22)13-21-9-11-24-12-10-21/h1-3,6-7,15H,4-5,8-14H2. The van der Waals surface area contributed by atoms with Crippen LogP contribution in [0.3, 0.4) is 0 Å². The Balaban J connectivity index is 1.46. The first-order valence-electron chi connectivity index (χ1n) is 8.79. The predicted molar refractivity (Wildman–Crippen MR) is 91.4 cm³/mol. The van der Waals surface area contributed by atoms with Gasteiger partial charge in [-0.2, -0.15) is 4.68 Å². The molecule has 1 aromatic heterocycles. The van der Waals surface area contributed by atoms with Crippen molar-refractivity contribution in [3.8, 4) is 5.69 Å². The first-order valence-corrected chi connectivity index (χ1v) is 8.79. The Hall–Kier alpha value is -1.99. The largest absolute Gasteiger partial charge is 0.379 e. The van der Waals surface area contributed by atoms with E-state index < -0.39 is 0 Å². The molecule has 0 aliphatic carbocycles. The van der Waals surface area contributed by atoms with Gasteiger partial charge in [-0.1, -0.05) is 23.3 Å². The monoisotopic (exact) mass is 328 g/mol. The van der Waals surface area contributed by atoms with Crippen LogP contribution in [0.5, 0.6) is 0 Å². The van der Waals surface area contributed by atoms with Gasteiger partial charge in [-0.15, -0.1) is 0 Å². The van der Waals surface area contributed by atoms with Gasteiger partial charge in [0.2, 0.25) is 5.95 Å². The van der Waals surface area contributed by atoms with Crippen LogP contribution >= 0.6 is 0 Å². The van der Waals surface area contributed by atoms with Gasteiger partial charge in [0.25, 0.3) is 0 Å². The lowest BCUT2D eigenvalue weighted by Gasteiger charge is -2.36. The maximum Gasteiger partial charge on any atom is 0.250 e. The summed E-state index contributed by atoms with van der Waals surface area (Å²) in [5.74, 6) is 1.52. The third kappa shape index (κ3) is 3.42. The predicted octanol–water partition coefficient (Wildman–Crippen LogP) is 1.21. The first kappa shape index (κ1) is 15.5. The van der Waals surface area contributed by atoms with Gasteiger partial charge in [-0.25, -0.2) is 0 Å². The maximum absolute atomic E-state index is 5.45. The lowest BCUT2D eigenvalue weighted by Crippen LogP contribution is -2.45.